The minimum atomic E-state index is -3.50. The summed E-state index contributed by atoms with van der Waals surface area (Å²) in [5.41, 5.74) is 1.20. The van der Waals surface area contributed by atoms with Crippen molar-refractivity contribution in [1.82, 2.24) is 4.72 Å². The maximum absolute atomic E-state index is 12.1. The molecule has 0 saturated carbocycles. The first-order chi connectivity index (χ1) is 12.4. The third-order valence-electron chi connectivity index (χ3n) is 3.56. The van der Waals surface area contributed by atoms with Gasteiger partial charge in [0.05, 0.1) is 19.1 Å². The van der Waals surface area contributed by atoms with Crippen LogP contribution in [0.15, 0.2) is 53.4 Å². The summed E-state index contributed by atoms with van der Waals surface area (Å²) in [6.07, 6.45) is 2.98. The standard InChI is InChI=1S/C18H20N2O5S/c1-19-26(22,23)16-9-6-14(7-10-16)20-18(21)11-5-13-4-8-15(24-2)12-17(13)25-3/h4-12,19H,1-3H3,(H,20,21)/b11-5+. The van der Waals surface area contributed by atoms with Crippen LogP contribution in [0, 0.1) is 0 Å². The second-order valence-corrected chi connectivity index (χ2v) is 7.05. The van der Waals surface area contributed by atoms with Crippen molar-refractivity contribution in [3.05, 3.63) is 54.1 Å². The molecule has 1 amide bonds. The van der Waals surface area contributed by atoms with Crippen LogP contribution in [0.2, 0.25) is 0 Å². The summed E-state index contributed by atoms with van der Waals surface area (Å²) >= 11 is 0. The molecule has 0 fully saturated rings. The Labute approximate surface area is 152 Å². The summed E-state index contributed by atoms with van der Waals surface area (Å²) in [4.78, 5) is 12.2. The first-order valence-electron chi connectivity index (χ1n) is 7.64. The first kappa shape index (κ1) is 19.5. The molecule has 7 nitrogen and oxygen atoms in total. The van der Waals surface area contributed by atoms with E-state index in [1.807, 2.05) is 0 Å². The van der Waals surface area contributed by atoms with Crippen LogP contribution in [-0.4, -0.2) is 35.6 Å². The molecule has 0 spiro atoms. The van der Waals surface area contributed by atoms with Gasteiger partial charge in [0.25, 0.3) is 0 Å². The molecule has 0 heterocycles. The van der Waals surface area contributed by atoms with Gasteiger partial charge in [0.15, 0.2) is 0 Å². The maximum atomic E-state index is 12.1. The van der Waals surface area contributed by atoms with E-state index >= 15 is 0 Å². The zero-order valence-electron chi connectivity index (χ0n) is 14.6. The lowest BCUT2D eigenvalue weighted by molar-refractivity contribution is -0.111. The highest BCUT2D eigenvalue weighted by Gasteiger charge is 2.10. The Morgan fingerprint density at radius 3 is 2.31 bits per heavy atom. The molecule has 2 rings (SSSR count). The van der Waals surface area contributed by atoms with Crippen molar-refractivity contribution in [3.63, 3.8) is 0 Å². The molecule has 0 aliphatic rings. The smallest absolute Gasteiger partial charge is 0.248 e. The van der Waals surface area contributed by atoms with E-state index in [1.54, 1.807) is 31.4 Å². The summed E-state index contributed by atoms with van der Waals surface area (Å²) < 4.78 is 36.0. The van der Waals surface area contributed by atoms with Crippen LogP contribution in [0.5, 0.6) is 11.5 Å². The molecule has 2 N–H and O–H groups in total. The molecule has 8 heteroatoms. The van der Waals surface area contributed by atoms with Crippen LogP contribution in [0.1, 0.15) is 5.56 Å². The van der Waals surface area contributed by atoms with Gasteiger partial charge in [-0.05, 0) is 49.5 Å². The number of rotatable bonds is 7. The highest BCUT2D eigenvalue weighted by Crippen LogP contribution is 2.25. The number of methoxy groups -OCH3 is 2. The quantitative estimate of drug-likeness (QED) is 0.723. The van der Waals surface area contributed by atoms with E-state index in [0.717, 1.165) is 5.56 Å². The highest BCUT2D eigenvalue weighted by molar-refractivity contribution is 7.89. The van der Waals surface area contributed by atoms with Gasteiger partial charge in [-0.15, -0.1) is 0 Å². The molecule has 2 aromatic rings. The SMILES string of the molecule is CNS(=O)(=O)c1ccc(NC(=O)/C=C/c2ccc(OC)cc2OC)cc1. The van der Waals surface area contributed by atoms with Gasteiger partial charge in [0.1, 0.15) is 11.5 Å². The van der Waals surface area contributed by atoms with Crippen molar-refractivity contribution in [2.75, 3.05) is 26.6 Å². The summed E-state index contributed by atoms with van der Waals surface area (Å²) in [7, 11) is 0.928. The Bertz CT molecular complexity index is 906. The first-order valence-corrected chi connectivity index (χ1v) is 9.12. The monoisotopic (exact) mass is 376 g/mol. The molecule has 0 aliphatic carbocycles. The number of hydrogen-bond donors (Lipinski definition) is 2. The fraction of sp³-hybridized carbons (Fsp3) is 0.167. The number of anilines is 1. The fourth-order valence-electron chi connectivity index (χ4n) is 2.14. The van der Waals surface area contributed by atoms with Gasteiger partial charge in [-0.1, -0.05) is 0 Å². The number of sulfonamides is 1. The average molecular weight is 376 g/mol. The van der Waals surface area contributed by atoms with Crippen molar-refractivity contribution >= 4 is 27.7 Å². The molecule has 0 bridgehead atoms. The highest BCUT2D eigenvalue weighted by atomic mass is 32.2. The van der Waals surface area contributed by atoms with Gasteiger partial charge in [0.2, 0.25) is 15.9 Å². The summed E-state index contributed by atoms with van der Waals surface area (Å²) in [6, 6.07) is 11.1. The normalized spacial score (nSPS) is 11.3. The Kier molecular flexibility index (Phi) is 6.37. The molecular weight excluding hydrogens is 356 g/mol. The van der Waals surface area contributed by atoms with Crippen molar-refractivity contribution in [2.45, 2.75) is 4.90 Å². The topological polar surface area (TPSA) is 93.7 Å². The Hall–Kier alpha value is -2.84. The predicted molar refractivity (Wildman–Crippen MR) is 99.9 cm³/mol. The minimum Gasteiger partial charge on any atom is -0.497 e. The molecule has 26 heavy (non-hydrogen) atoms. The number of benzene rings is 2. The van der Waals surface area contributed by atoms with E-state index in [2.05, 4.69) is 10.0 Å². The van der Waals surface area contributed by atoms with Crippen molar-refractivity contribution in [3.8, 4) is 11.5 Å². The largest absolute Gasteiger partial charge is 0.497 e. The Morgan fingerprint density at radius 2 is 1.73 bits per heavy atom. The van der Waals surface area contributed by atoms with E-state index < -0.39 is 10.0 Å². The van der Waals surface area contributed by atoms with Gasteiger partial charge >= 0.3 is 0 Å². The van der Waals surface area contributed by atoms with Gasteiger partial charge in [-0.2, -0.15) is 0 Å². The number of ether oxygens (including phenoxy) is 2. The number of carbonyl (C=O) groups excluding carboxylic acids is 1. The molecule has 0 radical (unpaired) electrons. The molecule has 138 valence electrons. The van der Waals surface area contributed by atoms with E-state index in [9.17, 15) is 13.2 Å². The van der Waals surface area contributed by atoms with Crippen molar-refractivity contribution in [1.29, 1.82) is 0 Å². The van der Waals surface area contributed by atoms with Gasteiger partial charge < -0.3 is 14.8 Å². The lowest BCUT2D eigenvalue weighted by Gasteiger charge is -2.07. The molecule has 0 aromatic heterocycles. The number of amides is 1. The van der Waals surface area contributed by atoms with E-state index in [-0.39, 0.29) is 10.8 Å². The Balaban J connectivity index is 2.08. The van der Waals surface area contributed by atoms with Crippen LogP contribution < -0.4 is 19.5 Å². The van der Waals surface area contributed by atoms with Crippen LogP contribution in [0.3, 0.4) is 0 Å². The van der Waals surface area contributed by atoms with Crippen molar-refractivity contribution < 1.29 is 22.7 Å². The average Bonchev–Trinajstić information content (AvgIpc) is 2.66. The number of nitrogens with one attached hydrogen (secondary N) is 2. The third-order valence-corrected chi connectivity index (χ3v) is 4.99. The number of carbonyl (C=O) groups is 1. The molecule has 2 aromatic carbocycles. The van der Waals surface area contributed by atoms with E-state index in [4.69, 9.17) is 9.47 Å². The summed E-state index contributed by atoms with van der Waals surface area (Å²) in [6.45, 7) is 0. The van der Waals surface area contributed by atoms with E-state index in [1.165, 1.54) is 44.5 Å². The number of hydrogen-bond acceptors (Lipinski definition) is 5. The van der Waals surface area contributed by atoms with Gasteiger partial charge in [-0.3, -0.25) is 4.79 Å². The zero-order chi connectivity index (χ0) is 19.2. The second-order valence-electron chi connectivity index (χ2n) is 5.16. The van der Waals surface area contributed by atoms with Crippen LogP contribution in [0.25, 0.3) is 6.08 Å². The van der Waals surface area contributed by atoms with Gasteiger partial charge in [0, 0.05) is 23.4 Å². The van der Waals surface area contributed by atoms with Crippen molar-refractivity contribution in [2.24, 2.45) is 0 Å². The summed E-state index contributed by atoms with van der Waals surface area (Å²) in [5, 5.41) is 2.66. The lowest BCUT2D eigenvalue weighted by atomic mass is 10.1. The Morgan fingerprint density at radius 1 is 1.04 bits per heavy atom. The molecule has 0 unspecified atom stereocenters. The van der Waals surface area contributed by atoms with Crippen LogP contribution in [0.4, 0.5) is 5.69 Å². The predicted octanol–water partition coefficient (Wildman–Crippen LogP) is 2.26. The second kappa shape index (κ2) is 8.50. The van der Waals surface area contributed by atoms with E-state index in [0.29, 0.717) is 17.2 Å². The molecular formula is C18H20N2O5S. The summed E-state index contributed by atoms with van der Waals surface area (Å²) in [5.74, 6) is 0.877. The van der Waals surface area contributed by atoms with Gasteiger partial charge in [-0.25, -0.2) is 13.1 Å². The minimum absolute atomic E-state index is 0.122. The fourth-order valence-corrected chi connectivity index (χ4v) is 2.87. The maximum Gasteiger partial charge on any atom is 0.248 e. The molecule has 0 saturated heterocycles. The van der Waals surface area contributed by atoms with Crippen LogP contribution >= 0.6 is 0 Å². The molecule has 0 atom stereocenters. The lowest BCUT2D eigenvalue weighted by Crippen LogP contribution is -2.18. The molecule has 0 aliphatic heterocycles. The van der Waals surface area contributed by atoms with Crippen LogP contribution in [-0.2, 0) is 14.8 Å². The zero-order valence-corrected chi connectivity index (χ0v) is 15.5. The third kappa shape index (κ3) is 4.84.